The van der Waals surface area contributed by atoms with E-state index in [2.05, 4.69) is 20.6 Å². The lowest BCUT2D eigenvalue weighted by molar-refractivity contribution is 0.791. The lowest BCUT2D eigenvalue weighted by Crippen LogP contribution is -2.02. The summed E-state index contributed by atoms with van der Waals surface area (Å²) in [7, 11) is 0. The van der Waals surface area contributed by atoms with Crippen LogP contribution in [0.2, 0.25) is 15.1 Å². The summed E-state index contributed by atoms with van der Waals surface area (Å²) in [6, 6.07) is 22.5. The quantitative estimate of drug-likeness (QED) is 0.318. The number of para-hydroxylation sites is 1. The number of rotatable bonds is 4. The fourth-order valence-corrected chi connectivity index (χ4v) is 3.73. The van der Waals surface area contributed by atoms with Crippen LogP contribution in [0.4, 0.5) is 0 Å². The molecule has 0 saturated heterocycles. The molecule has 2 heterocycles. The molecule has 152 valence electrons. The van der Waals surface area contributed by atoms with Crippen molar-refractivity contribution in [3.63, 3.8) is 0 Å². The Kier molecular flexibility index (Phi) is 5.19. The molecular weight excluding hydrogens is 455 g/mol. The molecule has 2 aromatic heterocycles. The van der Waals surface area contributed by atoms with Gasteiger partial charge in [-0.1, -0.05) is 65.1 Å². The van der Waals surface area contributed by atoms with Gasteiger partial charge in [0.1, 0.15) is 0 Å². The molecular formula is C22H13Cl3N6. The Morgan fingerprint density at radius 1 is 0.710 bits per heavy atom. The van der Waals surface area contributed by atoms with Crippen molar-refractivity contribution in [2.24, 2.45) is 0 Å². The van der Waals surface area contributed by atoms with E-state index in [4.69, 9.17) is 34.8 Å². The number of nitrogens with zero attached hydrogens (tertiary/aromatic N) is 6. The van der Waals surface area contributed by atoms with Crippen LogP contribution in [0.5, 0.6) is 0 Å². The molecule has 31 heavy (non-hydrogen) atoms. The Morgan fingerprint density at radius 3 is 2.23 bits per heavy atom. The Bertz CT molecular complexity index is 1360. The molecule has 0 N–H and O–H groups in total. The van der Waals surface area contributed by atoms with Crippen LogP contribution >= 0.6 is 34.8 Å². The first kappa shape index (κ1) is 19.8. The molecule has 0 aliphatic rings. The molecule has 0 fully saturated rings. The summed E-state index contributed by atoms with van der Waals surface area (Å²) in [5.41, 5.74) is 4.03. The van der Waals surface area contributed by atoms with Gasteiger partial charge in [-0.25, -0.2) is 4.68 Å². The highest BCUT2D eigenvalue weighted by molar-refractivity contribution is 6.42. The predicted molar refractivity (Wildman–Crippen MR) is 122 cm³/mol. The highest BCUT2D eigenvalue weighted by Crippen LogP contribution is 2.35. The maximum atomic E-state index is 6.27. The SMILES string of the molecule is Clc1ccc(-c2c(-c3nnnn3-c3ccccc3)cnn2-c2ccc(Cl)c(Cl)c2)cc1. The Morgan fingerprint density at radius 2 is 1.48 bits per heavy atom. The zero-order valence-electron chi connectivity index (χ0n) is 15.8. The fourth-order valence-electron chi connectivity index (χ4n) is 3.31. The van der Waals surface area contributed by atoms with Crippen molar-refractivity contribution in [1.29, 1.82) is 0 Å². The van der Waals surface area contributed by atoms with E-state index in [9.17, 15) is 0 Å². The second-order valence-corrected chi connectivity index (χ2v) is 7.92. The van der Waals surface area contributed by atoms with E-state index < -0.39 is 0 Å². The van der Waals surface area contributed by atoms with Crippen molar-refractivity contribution >= 4 is 34.8 Å². The summed E-state index contributed by atoms with van der Waals surface area (Å²) >= 11 is 18.5. The molecule has 5 aromatic rings. The van der Waals surface area contributed by atoms with Crippen LogP contribution in [-0.2, 0) is 0 Å². The van der Waals surface area contributed by atoms with Gasteiger partial charge in [-0.3, -0.25) is 0 Å². The molecule has 0 saturated carbocycles. The molecule has 6 nitrogen and oxygen atoms in total. The van der Waals surface area contributed by atoms with Crippen molar-refractivity contribution < 1.29 is 0 Å². The third-order valence-corrected chi connectivity index (χ3v) is 5.74. The maximum Gasteiger partial charge on any atom is 0.190 e. The number of halogens is 3. The molecule has 9 heteroatoms. The maximum absolute atomic E-state index is 6.27. The minimum absolute atomic E-state index is 0.437. The van der Waals surface area contributed by atoms with Crippen molar-refractivity contribution in [3.8, 4) is 34.0 Å². The predicted octanol–water partition coefficient (Wildman–Crippen LogP) is 6.14. The van der Waals surface area contributed by atoms with Crippen molar-refractivity contribution in [1.82, 2.24) is 30.0 Å². The lowest BCUT2D eigenvalue weighted by atomic mass is 10.1. The van der Waals surface area contributed by atoms with Crippen LogP contribution in [0, 0.1) is 0 Å². The van der Waals surface area contributed by atoms with E-state index in [0.717, 1.165) is 28.2 Å². The minimum atomic E-state index is 0.437. The number of tetrazole rings is 1. The molecule has 0 bridgehead atoms. The second-order valence-electron chi connectivity index (χ2n) is 6.67. The van der Waals surface area contributed by atoms with Gasteiger partial charge in [0.15, 0.2) is 5.82 Å². The molecule has 0 atom stereocenters. The third-order valence-electron chi connectivity index (χ3n) is 4.75. The lowest BCUT2D eigenvalue weighted by Gasteiger charge is -2.11. The van der Waals surface area contributed by atoms with Crippen molar-refractivity contribution in [3.05, 3.63) is 94.1 Å². The van der Waals surface area contributed by atoms with Crippen LogP contribution in [0.1, 0.15) is 0 Å². The molecule has 0 amide bonds. The number of benzene rings is 3. The number of hydrogen-bond donors (Lipinski definition) is 0. The largest absolute Gasteiger partial charge is 0.232 e. The molecule has 0 unspecified atom stereocenters. The first-order chi connectivity index (χ1) is 15.1. The standard InChI is InChI=1S/C22H13Cl3N6/c23-15-8-6-14(7-9-15)21-18(13-26-30(21)17-10-11-19(24)20(25)12-17)22-27-28-29-31(22)16-4-2-1-3-5-16/h1-13H. The Balaban J connectivity index is 1.75. The Labute approximate surface area is 192 Å². The van der Waals surface area contributed by atoms with Gasteiger partial charge >= 0.3 is 0 Å². The molecule has 0 spiro atoms. The van der Waals surface area contributed by atoms with E-state index in [1.807, 2.05) is 60.7 Å². The smallest absolute Gasteiger partial charge is 0.190 e. The number of hydrogen-bond acceptors (Lipinski definition) is 4. The van der Waals surface area contributed by atoms with Gasteiger partial charge in [-0.15, -0.1) is 5.10 Å². The van der Waals surface area contributed by atoms with Gasteiger partial charge in [-0.05, 0) is 52.9 Å². The monoisotopic (exact) mass is 466 g/mol. The van der Waals surface area contributed by atoms with Crippen LogP contribution in [0.3, 0.4) is 0 Å². The van der Waals surface area contributed by atoms with Gasteiger partial charge in [0, 0.05) is 10.6 Å². The minimum Gasteiger partial charge on any atom is -0.232 e. The van der Waals surface area contributed by atoms with E-state index in [0.29, 0.717) is 20.9 Å². The summed E-state index contributed by atoms with van der Waals surface area (Å²) in [4.78, 5) is 0. The van der Waals surface area contributed by atoms with Crippen LogP contribution < -0.4 is 0 Å². The van der Waals surface area contributed by atoms with Crippen LogP contribution in [-0.4, -0.2) is 30.0 Å². The van der Waals surface area contributed by atoms with E-state index in [-0.39, 0.29) is 0 Å². The van der Waals surface area contributed by atoms with Crippen LogP contribution in [0.25, 0.3) is 34.0 Å². The molecule has 0 aliphatic carbocycles. The van der Waals surface area contributed by atoms with Crippen molar-refractivity contribution in [2.45, 2.75) is 0 Å². The average Bonchev–Trinajstić information content (AvgIpc) is 3.44. The number of aromatic nitrogens is 6. The van der Waals surface area contributed by atoms with Gasteiger partial charge in [-0.2, -0.15) is 9.78 Å². The van der Waals surface area contributed by atoms with E-state index in [1.165, 1.54) is 0 Å². The van der Waals surface area contributed by atoms with E-state index >= 15 is 0 Å². The summed E-state index contributed by atoms with van der Waals surface area (Å²) < 4.78 is 3.46. The summed E-state index contributed by atoms with van der Waals surface area (Å²) in [6.07, 6.45) is 1.73. The normalized spacial score (nSPS) is 11.1. The molecule has 0 radical (unpaired) electrons. The summed E-state index contributed by atoms with van der Waals surface area (Å²) in [6.45, 7) is 0. The van der Waals surface area contributed by atoms with Gasteiger partial charge in [0.2, 0.25) is 0 Å². The first-order valence-corrected chi connectivity index (χ1v) is 10.4. The first-order valence-electron chi connectivity index (χ1n) is 9.25. The highest BCUT2D eigenvalue weighted by Gasteiger charge is 2.22. The van der Waals surface area contributed by atoms with Crippen LogP contribution in [0.15, 0.2) is 79.0 Å². The van der Waals surface area contributed by atoms with Crippen molar-refractivity contribution in [2.75, 3.05) is 0 Å². The highest BCUT2D eigenvalue weighted by atomic mass is 35.5. The molecule has 0 aliphatic heterocycles. The van der Waals surface area contributed by atoms with Gasteiger partial charge in [0.25, 0.3) is 0 Å². The molecule has 3 aromatic carbocycles. The van der Waals surface area contributed by atoms with E-state index in [1.54, 1.807) is 27.7 Å². The van der Waals surface area contributed by atoms with Gasteiger partial charge < -0.3 is 0 Å². The zero-order chi connectivity index (χ0) is 21.4. The topological polar surface area (TPSA) is 61.4 Å². The third kappa shape index (κ3) is 3.70. The fraction of sp³-hybridized carbons (Fsp3) is 0. The second kappa shape index (κ2) is 8.15. The zero-order valence-corrected chi connectivity index (χ0v) is 18.1. The molecule has 5 rings (SSSR count). The van der Waals surface area contributed by atoms with Gasteiger partial charge in [0.05, 0.1) is 38.9 Å². The summed E-state index contributed by atoms with van der Waals surface area (Å²) in [5.74, 6) is 0.558. The average molecular weight is 468 g/mol. The summed E-state index contributed by atoms with van der Waals surface area (Å²) in [5, 5.41) is 18.5. The Hall–Kier alpha value is -3.19.